The van der Waals surface area contributed by atoms with E-state index < -0.39 is 0 Å². The number of carbonyl (C=O) groups excluding carboxylic acids is 2. The number of hydrogen-bond donors (Lipinski definition) is 2. The Morgan fingerprint density at radius 1 is 1.30 bits per heavy atom. The normalized spacial score (nSPS) is 26.1. The molecule has 0 aliphatic carbocycles. The van der Waals surface area contributed by atoms with Gasteiger partial charge in [-0.2, -0.15) is 0 Å². The molecule has 8 heteroatoms. The van der Waals surface area contributed by atoms with Crippen LogP contribution >= 0.6 is 0 Å². The molecule has 2 rings (SSSR count). The predicted octanol–water partition coefficient (Wildman–Crippen LogP) is -1.73. The van der Waals surface area contributed by atoms with Gasteiger partial charge in [-0.05, 0) is 6.92 Å². The first-order valence-electron chi connectivity index (χ1n) is 8.23. The number of methoxy groups -OCH3 is 1. The minimum absolute atomic E-state index is 0.00204. The average molecular weight is 328 g/mol. The summed E-state index contributed by atoms with van der Waals surface area (Å²) in [6.45, 7) is 7.42. The van der Waals surface area contributed by atoms with Crippen LogP contribution < -0.4 is 10.6 Å². The molecule has 0 unspecified atom stereocenters. The third-order valence-electron chi connectivity index (χ3n) is 4.26. The van der Waals surface area contributed by atoms with Crippen LogP contribution in [0.2, 0.25) is 0 Å². The molecule has 2 amide bonds. The van der Waals surface area contributed by atoms with Crippen LogP contribution in [0.1, 0.15) is 6.92 Å². The van der Waals surface area contributed by atoms with Gasteiger partial charge in [-0.1, -0.05) is 0 Å². The summed E-state index contributed by atoms with van der Waals surface area (Å²) in [4.78, 5) is 28.2. The SMILES string of the molecule is COCCNC(=O)CN1CCN(C(=O)[C@H]2NCCO[C@@H]2C)CC1. The minimum Gasteiger partial charge on any atom is -0.383 e. The third kappa shape index (κ3) is 5.42. The Labute approximate surface area is 137 Å². The zero-order valence-corrected chi connectivity index (χ0v) is 14.0. The van der Waals surface area contributed by atoms with Gasteiger partial charge in [-0.3, -0.25) is 14.5 Å². The van der Waals surface area contributed by atoms with Crippen LogP contribution in [0.4, 0.5) is 0 Å². The number of piperazine rings is 1. The lowest BCUT2D eigenvalue weighted by atomic mass is 10.1. The summed E-state index contributed by atoms with van der Waals surface area (Å²) in [6, 6.07) is -0.257. The summed E-state index contributed by atoms with van der Waals surface area (Å²) in [7, 11) is 1.61. The second-order valence-electron chi connectivity index (χ2n) is 5.95. The number of nitrogens with zero attached hydrogens (tertiary/aromatic N) is 2. The highest BCUT2D eigenvalue weighted by Crippen LogP contribution is 2.10. The maximum atomic E-state index is 12.5. The van der Waals surface area contributed by atoms with Gasteiger partial charge in [0.2, 0.25) is 11.8 Å². The van der Waals surface area contributed by atoms with E-state index in [0.717, 1.165) is 0 Å². The van der Waals surface area contributed by atoms with Crippen LogP contribution in [0.15, 0.2) is 0 Å². The van der Waals surface area contributed by atoms with Crippen LogP contribution in [0.5, 0.6) is 0 Å². The van der Waals surface area contributed by atoms with E-state index in [2.05, 4.69) is 15.5 Å². The molecular formula is C15H28N4O4. The van der Waals surface area contributed by atoms with Crippen molar-refractivity contribution in [2.45, 2.75) is 19.1 Å². The molecule has 2 saturated heterocycles. The van der Waals surface area contributed by atoms with Crippen molar-refractivity contribution < 1.29 is 19.1 Å². The first kappa shape index (κ1) is 18.1. The van der Waals surface area contributed by atoms with Gasteiger partial charge in [0.1, 0.15) is 6.04 Å². The Bertz CT molecular complexity index is 399. The minimum atomic E-state index is -0.257. The topological polar surface area (TPSA) is 83.1 Å². The van der Waals surface area contributed by atoms with Crippen molar-refractivity contribution in [1.82, 2.24) is 20.4 Å². The molecule has 2 fully saturated rings. The highest BCUT2D eigenvalue weighted by Gasteiger charge is 2.33. The van der Waals surface area contributed by atoms with E-state index in [1.165, 1.54) is 0 Å². The lowest BCUT2D eigenvalue weighted by molar-refractivity contribution is -0.141. The quantitative estimate of drug-likeness (QED) is 0.564. The first-order chi connectivity index (χ1) is 11.1. The second kappa shape index (κ2) is 9.17. The second-order valence-corrected chi connectivity index (χ2v) is 5.95. The Morgan fingerprint density at radius 2 is 2.04 bits per heavy atom. The summed E-state index contributed by atoms with van der Waals surface area (Å²) >= 11 is 0. The lowest BCUT2D eigenvalue weighted by Gasteiger charge is -2.38. The van der Waals surface area contributed by atoms with E-state index in [-0.39, 0.29) is 24.0 Å². The molecule has 2 aliphatic rings. The molecule has 2 aliphatic heterocycles. The van der Waals surface area contributed by atoms with Gasteiger partial charge in [-0.25, -0.2) is 0 Å². The maximum absolute atomic E-state index is 12.5. The summed E-state index contributed by atoms with van der Waals surface area (Å²) in [5.41, 5.74) is 0. The summed E-state index contributed by atoms with van der Waals surface area (Å²) in [5.74, 6) is 0.0965. The predicted molar refractivity (Wildman–Crippen MR) is 85.1 cm³/mol. The maximum Gasteiger partial charge on any atom is 0.242 e. The zero-order chi connectivity index (χ0) is 16.7. The Morgan fingerprint density at radius 3 is 2.70 bits per heavy atom. The van der Waals surface area contributed by atoms with E-state index >= 15 is 0 Å². The van der Waals surface area contributed by atoms with Crippen LogP contribution in [0.3, 0.4) is 0 Å². The molecule has 0 spiro atoms. The zero-order valence-electron chi connectivity index (χ0n) is 14.0. The molecule has 23 heavy (non-hydrogen) atoms. The number of ether oxygens (including phenoxy) is 2. The van der Waals surface area contributed by atoms with Gasteiger partial charge in [0.05, 0.1) is 25.9 Å². The highest BCUT2D eigenvalue weighted by atomic mass is 16.5. The van der Waals surface area contributed by atoms with Crippen molar-refractivity contribution in [2.24, 2.45) is 0 Å². The van der Waals surface area contributed by atoms with E-state index in [1.54, 1.807) is 7.11 Å². The molecule has 2 atom stereocenters. The lowest BCUT2D eigenvalue weighted by Crippen LogP contribution is -2.60. The summed E-state index contributed by atoms with van der Waals surface area (Å²) in [5, 5.41) is 6.04. The van der Waals surface area contributed by atoms with E-state index in [4.69, 9.17) is 9.47 Å². The van der Waals surface area contributed by atoms with E-state index in [1.807, 2.05) is 11.8 Å². The molecule has 0 saturated carbocycles. The molecular weight excluding hydrogens is 300 g/mol. The number of rotatable bonds is 6. The van der Waals surface area contributed by atoms with E-state index in [9.17, 15) is 9.59 Å². The highest BCUT2D eigenvalue weighted by molar-refractivity contribution is 5.83. The molecule has 0 aromatic carbocycles. The van der Waals surface area contributed by atoms with Crippen molar-refractivity contribution in [2.75, 3.05) is 66.1 Å². The average Bonchev–Trinajstić information content (AvgIpc) is 2.56. The Kier molecular flexibility index (Phi) is 7.22. The number of morpholine rings is 1. The molecule has 132 valence electrons. The molecule has 0 radical (unpaired) electrons. The van der Waals surface area contributed by atoms with Crippen molar-refractivity contribution >= 4 is 11.8 Å². The van der Waals surface area contributed by atoms with Gasteiger partial charge in [-0.15, -0.1) is 0 Å². The monoisotopic (exact) mass is 328 g/mol. The Balaban J connectivity index is 1.70. The van der Waals surface area contributed by atoms with Crippen molar-refractivity contribution in [1.29, 1.82) is 0 Å². The van der Waals surface area contributed by atoms with Gasteiger partial charge in [0, 0.05) is 46.4 Å². The van der Waals surface area contributed by atoms with Crippen LogP contribution in [0.25, 0.3) is 0 Å². The fraction of sp³-hybridized carbons (Fsp3) is 0.867. The third-order valence-corrected chi connectivity index (χ3v) is 4.26. The van der Waals surface area contributed by atoms with Crippen molar-refractivity contribution in [3.63, 3.8) is 0 Å². The molecule has 2 N–H and O–H groups in total. The largest absolute Gasteiger partial charge is 0.383 e. The summed E-state index contributed by atoms with van der Waals surface area (Å²) in [6.07, 6.45) is -0.0964. The molecule has 8 nitrogen and oxygen atoms in total. The van der Waals surface area contributed by atoms with Crippen LogP contribution in [-0.4, -0.2) is 99.9 Å². The number of carbonyl (C=O) groups is 2. The first-order valence-corrected chi connectivity index (χ1v) is 8.23. The molecule has 0 aromatic rings. The van der Waals surface area contributed by atoms with Crippen LogP contribution in [0, 0.1) is 0 Å². The fourth-order valence-electron chi connectivity index (χ4n) is 2.88. The van der Waals surface area contributed by atoms with E-state index in [0.29, 0.717) is 59.0 Å². The number of nitrogens with one attached hydrogen (secondary N) is 2. The molecule has 0 aromatic heterocycles. The van der Waals surface area contributed by atoms with Gasteiger partial charge < -0.3 is 25.0 Å². The standard InChI is InChI=1S/C15H28N4O4/c1-12-14(17-4-10-23-12)15(21)19-7-5-18(6-8-19)11-13(20)16-3-9-22-2/h12,14,17H,3-11H2,1-2H3,(H,16,20)/t12-,14+/m1/s1. The van der Waals surface area contributed by atoms with Crippen molar-refractivity contribution in [3.8, 4) is 0 Å². The fourth-order valence-corrected chi connectivity index (χ4v) is 2.88. The summed E-state index contributed by atoms with van der Waals surface area (Å²) < 4.78 is 10.4. The number of hydrogen-bond acceptors (Lipinski definition) is 6. The van der Waals surface area contributed by atoms with Gasteiger partial charge in [0.25, 0.3) is 0 Å². The Hall–Kier alpha value is -1.22. The van der Waals surface area contributed by atoms with Gasteiger partial charge in [0.15, 0.2) is 0 Å². The number of amides is 2. The molecule has 0 bridgehead atoms. The smallest absolute Gasteiger partial charge is 0.242 e. The molecule has 2 heterocycles. The van der Waals surface area contributed by atoms with Crippen LogP contribution in [-0.2, 0) is 19.1 Å². The van der Waals surface area contributed by atoms with Gasteiger partial charge >= 0.3 is 0 Å². The van der Waals surface area contributed by atoms with Crippen molar-refractivity contribution in [3.05, 3.63) is 0 Å².